The Balaban J connectivity index is 0.00000110. The van der Waals surface area contributed by atoms with Crippen molar-refractivity contribution < 1.29 is 4.74 Å². The minimum atomic E-state index is 0. The molecule has 2 aliphatic heterocycles. The van der Waals surface area contributed by atoms with Gasteiger partial charge in [0.05, 0.1) is 0 Å². The lowest BCUT2D eigenvalue weighted by Crippen LogP contribution is -2.24. The number of hydrogen-bond donors (Lipinski definition) is 1. The quantitative estimate of drug-likeness (QED) is 0.898. The van der Waals surface area contributed by atoms with Crippen molar-refractivity contribution in [1.29, 1.82) is 0 Å². The van der Waals surface area contributed by atoms with Gasteiger partial charge in [0.1, 0.15) is 12.4 Å². The largest absolute Gasteiger partial charge is 0.492 e. The lowest BCUT2D eigenvalue weighted by Gasteiger charge is -2.20. The summed E-state index contributed by atoms with van der Waals surface area (Å²) in [6.07, 6.45) is 5.52. The Kier molecular flexibility index (Phi) is 8.42. The van der Waals surface area contributed by atoms with Crippen LogP contribution in [0.1, 0.15) is 36.8 Å². The third-order valence-electron chi connectivity index (χ3n) is 4.08. The van der Waals surface area contributed by atoms with Crippen molar-refractivity contribution in [2.24, 2.45) is 0 Å². The molecule has 0 amide bonds. The maximum atomic E-state index is 5.74. The maximum absolute atomic E-state index is 5.74. The van der Waals surface area contributed by atoms with Gasteiger partial charge >= 0.3 is 0 Å². The van der Waals surface area contributed by atoms with E-state index >= 15 is 0 Å². The zero-order valence-electron chi connectivity index (χ0n) is 12.5. The zero-order chi connectivity index (χ0) is 12.9. The molecule has 0 spiro atoms. The Hall–Kier alpha value is -0.480. The summed E-state index contributed by atoms with van der Waals surface area (Å²) in [4.78, 5) is 2.60. The summed E-state index contributed by atoms with van der Waals surface area (Å²) in [7, 11) is 0. The SMILES string of the molecule is Cl.Cl.c1cc2c(cc1CN1CCCCCC1)CNCCO2. The number of halogens is 2. The van der Waals surface area contributed by atoms with E-state index in [0.29, 0.717) is 0 Å². The first kappa shape index (κ1) is 18.6. The highest BCUT2D eigenvalue weighted by Crippen LogP contribution is 2.23. The molecule has 0 aromatic heterocycles. The Morgan fingerprint density at radius 2 is 1.81 bits per heavy atom. The standard InChI is InChI=1S/C16H24N2O.2ClH/c1-2-4-9-18(8-3-1)13-14-5-6-16-15(11-14)12-17-7-10-19-16;;/h5-6,11,17H,1-4,7-10,12-13H2;2*1H. The van der Waals surface area contributed by atoms with E-state index < -0.39 is 0 Å². The highest BCUT2D eigenvalue weighted by molar-refractivity contribution is 5.85. The van der Waals surface area contributed by atoms with Gasteiger partial charge in [-0.1, -0.05) is 18.9 Å². The van der Waals surface area contributed by atoms with Gasteiger partial charge in [0.15, 0.2) is 0 Å². The third-order valence-corrected chi connectivity index (χ3v) is 4.08. The molecule has 3 rings (SSSR count). The van der Waals surface area contributed by atoms with E-state index in [2.05, 4.69) is 28.4 Å². The van der Waals surface area contributed by atoms with Crippen molar-refractivity contribution in [2.75, 3.05) is 26.2 Å². The summed E-state index contributed by atoms with van der Waals surface area (Å²) in [6.45, 7) is 6.25. The first-order chi connectivity index (χ1) is 9.42. The number of nitrogens with zero attached hydrogens (tertiary/aromatic N) is 1. The lowest BCUT2D eigenvalue weighted by molar-refractivity contribution is 0.276. The summed E-state index contributed by atoms with van der Waals surface area (Å²) in [5, 5.41) is 3.41. The fraction of sp³-hybridized carbons (Fsp3) is 0.625. The van der Waals surface area contributed by atoms with E-state index in [1.165, 1.54) is 49.9 Å². The van der Waals surface area contributed by atoms with Crippen LogP contribution in [-0.2, 0) is 13.1 Å². The summed E-state index contributed by atoms with van der Waals surface area (Å²) in [5.41, 5.74) is 2.73. The molecule has 0 bridgehead atoms. The Labute approximate surface area is 140 Å². The van der Waals surface area contributed by atoms with Crippen LogP contribution in [0.2, 0.25) is 0 Å². The van der Waals surface area contributed by atoms with E-state index in [-0.39, 0.29) is 24.8 Å². The van der Waals surface area contributed by atoms with E-state index in [1.54, 1.807) is 0 Å². The predicted molar refractivity (Wildman–Crippen MR) is 91.9 cm³/mol. The predicted octanol–water partition coefficient (Wildman–Crippen LogP) is 3.39. The average Bonchev–Trinajstić information content (AvgIpc) is 2.80. The van der Waals surface area contributed by atoms with Crippen molar-refractivity contribution >= 4 is 24.8 Å². The van der Waals surface area contributed by atoms with Gasteiger partial charge in [0.2, 0.25) is 0 Å². The Morgan fingerprint density at radius 1 is 1.05 bits per heavy atom. The van der Waals surface area contributed by atoms with E-state index in [9.17, 15) is 0 Å². The summed E-state index contributed by atoms with van der Waals surface area (Å²) in [5.74, 6) is 1.06. The minimum absolute atomic E-state index is 0. The first-order valence-electron chi connectivity index (χ1n) is 7.59. The van der Waals surface area contributed by atoms with Gasteiger partial charge in [-0.2, -0.15) is 0 Å². The molecule has 0 radical (unpaired) electrons. The minimum Gasteiger partial charge on any atom is -0.492 e. The van der Waals surface area contributed by atoms with Crippen LogP contribution in [0.5, 0.6) is 5.75 Å². The van der Waals surface area contributed by atoms with E-state index in [4.69, 9.17) is 4.74 Å². The molecule has 2 aliphatic rings. The van der Waals surface area contributed by atoms with Gasteiger partial charge in [-0.3, -0.25) is 4.90 Å². The maximum Gasteiger partial charge on any atom is 0.123 e. The molecule has 1 aromatic rings. The summed E-state index contributed by atoms with van der Waals surface area (Å²) < 4.78 is 5.74. The van der Waals surface area contributed by atoms with E-state index in [1.807, 2.05) is 0 Å². The molecule has 1 fully saturated rings. The molecule has 3 nitrogen and oxygen atoms in total. The van der Waals surface area contributed by atoms with Crippen LogP contribution in [0.3, 0.4) is 0 Å². The monoisotopic (exact) mass is 332 g/mol. The number of benzene rings is 1. The molecule has 1 aromatic carbocycles. The molecular weight excluding hydrogens is 307 g/mol. The second kappa shape index (κ2) is 9.52. The number of nitrogens with one attached hydrogen (secondary N) is 1. The molecule has 1 N–H and O–H groups in total. The molecule has 0 unspecified atom stereocenters. The molecule has 0 saturated carbocycles. The van der Waals surface area contributed by atoms with Crippen molar-refractivity contribution in [1.82, 2.24) is 10.2 Å². The molecule has 120 valence electrons. The average molecular weight is 333 g/mol. The van der Waals surface area contributed by atoms with Gasteiger partial charge in [-0.05, 0) is 43.6 Å². The molecule has 0 atom stereocenters. The highest BCUT2D eigenvalue weighted by atomic mass is 35.5. The summed E-state index contributed by atoms with van der Waals surface area (Å²) >= 11 is 0. The second-order valence-electron chi connectivity index (χ2n) is 5.66. The van der Waals surface area contributed by atoms with Gasteiger partial charge in [0.25, 0.3) is 0 Å². The smallest absolute Gasteiger partial charge is 0.123 e. The molecule has 2 heterocycles. The lowest BCUT2D eigenvalue weighted by atomic mass is 10.1. The number of hydrogen-bond acceptors (Lipinski definition) is 3. The van der Waals surface area contributed by atoms with Crippen LogP contribution in [0.25, 0.3) is 0 Å². The Morgan fingerprint density at radius 3 is 2.57 bits per heavy atom. The summed E-state index contributed by atoms with van der Waals surface area (Å²) in [6, 6.07) is 6.70. The van der Waals surface area contributed by atoms with Crippen molar-refractivity contribution in [2.45, 2.75) is 38.8 Å². The molecule has 21 heavy (non-hydrogen) atoms. The van der Waals surface area contributed by atoms with Gasteiger partial charge in [0, 0.05) is 25.2 Å². The number of fused-ring (bicyclic) bond motifs is 1. The highest BCUT2D eigenvalue weighted by Gasteiger charge is 2.12. The van der Waals surface area contributed by atoms with Crippen LogP contribution >= 0.6 is 24.8 Å². The molecular formula is C16H26Cl2N2O. The van der Waals surface area contributed by atoms with E-state index in [0.717, 1.165) is 32.0 Å². The van der Waals surface area contributed by atoms with Gasteiger partial charge in [-0.25, -0.2) is 0 Å². The fourth-order valence-electron chi connectivity index (χ4n) is 3.02. The Bertz CT molecular complexity index is 421. The number of rotatable bonds is 2. The second-order valence-corrected chi connectivity index (χ2v) is 5.66. The molecule has 5 heteroatoms. The van der Waals surface area contributed by atoms with Crippen LogP contribution in [0, 0.1) is 0 Å². The number of ether oxygens (including phenoxy) is 1. The van der Waals surface area contributed by atoms with Crippen molar-refractivity contribution in [3.8, 4) is 5.75 Å². The van der Waals surface area contributed by atoms with Crippen LogP contribution in [0.15, 0.2) is 18.2 Å². The first-order valence-corrected chi connectivity index (χ1v) is 7.59. The zero-order valence-corrected chi connectivity index (χ0v) is 14.1. The normalized spacial score (nSPS) is 19.0. The molecule has 0 aliphatic carbocycles. The molecule has 1 saturated heterocycles. The van der Waals surface area contributed by atoms with Crippen LogP contribution < -0.4 is 10.1 Å². The van der Waals surface area contributed by atoms with Gasteiger partial charge in [-0.15, -0.1) is 24.8 Å². The van der Waals surface area contributed by atoms with Crippen LogP contribution in [0.4, 0.5) is 0 Å². The van der Waals surface area contributed by atoms with Crippen molar-refractivity contribution in [3.05, 3.63) is 29.3 Å². The fourth-order valence-corrected chi connectivity index (χ4v) is 3.02. The van der Waals surface area contributed by atoms with Crippen LogP contribution in [-0.4, -0.2) is 31.1 Å². The number of likely N-dealkylation sites (tertiary alicyclic amines) is 1. The van der Waals surface area contributed by atoms with Gasteiger partial charge < -0.3 is 10.1 Å². The third kappa shape index (κ3) is 5.33. The topological polar surface area (TPSA) is 24.5 Å². The van der Waals surface area contributed by atoms with Crippen molar-refractivity contribution in [3.63, 3.8) is 0 Å².